The molecule has 1 aliphatic carbocycles. The number of hydrogen-bond acceptors (Lipinski definition) is 1. The molecule has 2 unspecified atom stereocenters. The van der Waals surface area contributed by atoms with E-state index >= 15 is 0 Å². The molecule has 0 heterocycles. The SMILES string of the molecule is CCCCCC(=O)C1CC1Cl. The molecule has 0 aliphatic heterocycles. The summed E-state index contributed by atoms with van der Waals surface area (Å²) in [6, 6.07) is 0. The average Bonchev–Trinajstić information content (AvgIpc) is 2.67. The van der Waals surface area contributed by atoms with Crippen molar-refractivity contribution in [2.24, 2.45) is 5.92 Å². The number of alkyl halides is 1. The molecular weight excluding hydrogens is 160 g/mol. The summed E-state index contributed by atoms with van der Waals surface area (Å²) in [5, 5.41) is 0.170. The van der Waals surface area contributed by atoms with Gasteiger partial charge < -0.3 is 0 Å². The maximum atomic E-state index is 11.2. The third-order valence-electron chi connectivity index (χ3n) is 2.15. The molecule has 0 amide bonds. The quantitative estimate of drug-likeness (QED) is 0.463. The maximum Gasteiger partial charge on any atom is 0.137 e. The van der Waals surface area contributed by atoms with Crippen LogP contribution in [0.1, 0.15) is 39.0 Å². The van der Waals surface area contributed by atoms with Crippen molar-refractivity contribution in [3.63, 3.8) is 0 Å². The van der Waals surface area contributed by atoms with Crippen molar-refractivity contribution in [2.45, 2.75) is 44.4 Å². The minimum absolute atomic E-state index is 0.170. The number of ketones is 1. The van der Waals surface area contributed by atoms with E-state index in [1.165, 1.54) is 12.8 Å². The van der Waals surface area contributed by atoms with E-state index in [4.69, 9.17) is 11.6 Å². The van der Waals surface area contributed by atoms with Crippen LogP contribution >= 0.6 is 11.6 Å². The van der Waals surface area contributed by atoms with Crippen molar-refractivity contribution in [2.75, 3.05) is 0 Å². The van der Waals surface area contributed by atoms with Crippen LogP contribution in [-0.2, 0) is 4.79 Å². The van der Waals surface area contributed by atoms with E-state index in [1.54, 1.807) is 0 Å². The van der Waals surface area contributed by atoms with Crippen molar-refractivity contribution in [1.29, 1.82) is 0 Å². The van der Waals surface area contributed by atoms with Crippen molar-refractivity contribution >= 4 is 17.4 Å². The third kappa shape index (κ3) is 2.82. The molecule has 1 aliphatic rings. The number of rotatable bonds is 5. The van der Waals surface area contributed by atoms with Gasteiger partial charge in [-0.05, 0) is 12.8 Å². The van der Waals surface area contributed by atoms with Gasteiger partial charge >= 0.3 is 0 Å². The molecule has 1 rings (SSSR count). The average molecular weight is 175 g/mol. The molecule has 0 radical (unpaired) electrons. The largest absolute Gasteiger partial charge is 0.299 e. The van der Waals surface area contributed by atoms with E-state index in [0.717, 1.165) is 19.3 Å². The van der Waals surface area contributed by atoms with Crippen molar-refractivity contribution in [3.05, 3.63) is 0 Å². The van der Waals surface area contributed by atoms with E-state index in [2.05, 4.69) is 6.92 Å². The molecule has 0 aromatic rings. The summed E-state index contributed by atoms with van der Waals surface area (Å²) in [7, 11) is 0. The monoisotopic (exact) mass is 174 g/mol. The van der Waals surface area contributed by atoms with Gasteiger partial charge in [0.1, 0.15) is 5.78 Å². The van der Waals surface area contributed by atoms with Crippen LogP contribution in [0.4, 0.5) is 0 Å². The van der Waals surface area contributed by atoms with Crippen molar-refractivity contribution in [3.8, 4) is 0 Å². The van der Waals surface area contributed by atoms with Crippen LogP contribution in [0.5, 0.6) is 0 Å². The summed E-state index contributed by atoms with van der Waals surface area (Å²) < 4.78 is 0. The fourth-order valence-electron chi connectivity index (χ4n) is 1.23. The van der Waals surface area contributed by atoms with Crippen LogP contribution in [0.25, 0.3) is 0 Å². The summed E-state index contributed by atoms with van der Waals surface area (Å²) in [6.45, 7) is 2.14. The number of halogens is 1. The Hall–Kier alpha value is -0.0400. The molecule has 11 heavy (non-hydrogen) atoms. The number of Topliss-reactive ketones (excluding diaryl/α,β-unsaturated/α-hetero) is 1. The highest BCUT2D eigenvalue weighted by Gasteiger charge is 2.40. The minimum Gasteiger partial charge on any atom is -0.299 e. The van der Waals surface area contributed by atoms with Crippen molar-refractivity contribution < 1.29 is 4.79 Å². The molecule has 0 aromatic heterocycles. The molecular formula is C9H15ClO. The van der Waals surface area contributed by atoms with Gasteiger partial charge in [0.2, 0.25) is 0 Å². The molecule has 2 atom stereocenters. The standard InChI is InChI=1S/C9H15ClO/c1-2-3-4-5-9(11)7-6-8(7)10/h7-8H,2-6H2,1H3. The van der Waals surface area contributed by atoms with Gasteiger partial charge in [-0.1, -0.05) is 19.8 Å². The maximum absolute atomic E-state index is 11.2. The Morgan fingerprint density at radius 3 is 2.64 bits per heavy atom. The fraction of sp³-hybridized carbons (Fsp3) is 0.889. The van der Waals surface area contributed by atoms with Gasteiger partial charge in [-0.3, -0.25) is 4.79 Å². The van der Waals surface area contributed by atoms with Crippen LogP contribution in [0, 0.1) is 5.92 Å². The van der Waals surface area contributed by atoms with Crippen LogP contribution in [-0.4, -0.2) is 11.2 Å². The van der Waals surface area contributed by atoms with Crippen LogP contribution < -0.4 is 0 Å². The predicted octanol–water partition coefficient (Wildman–Crippen LogP) is 2.76. The predicted molar refractivity (Wildman–Crippen MR) is 46.9 cm³/mol. The van der Waals surface area contributed by atoms with E-state index in [0.29, 0.717) is 5.78 Å². The molecule has 2 heteroatoms. The minimum atomic E-state index is 0.170. The molecule has 1 fully saturated rings. The number of unbranched alkanes of at least 4 members (excludes halogenated alkanes) is 2. The van der Waals surface area contributed by atoms with Crippen molar-refractivity contribution in [1.82, 2.24) is 0 Å². The highest BCUT2D eigenvalue weighted by Crippen LogP contribution is 2.37. The van der Waals surface area contributed by atoms with E-state index < -0.39 is 0 Å². The number of hydrogen-bond donors (Lipinski definition) is 0. The second kappa shape index (κ2) is 4.10. The summed E-state index contributed by atoms with van der Waals surface area (Å²) in [5.74, 6) is 0.604. The van der Waals surface area contributed by atoms with Gasteiger partial charge in [-0.2, -0.15) is 0 Å². The Kier molecular flexibility index (Phi) is 3.38. The van der Waals surface area contributed by atoms with Gasteiger partial charge in [0.15, 0.2) is 0 Å². The number of carbonyl (C=O) groups is 1. The van der Waals surface area contributed by atoms with Gasteiger partial charge in [-0.25, -0.2) is 0 Å². The lowest BCUT2D eigenvalue weighted by Gasteiger charge is -1.96. The van der Waals surface area contributed by atoms with Gasteiger partial charge in [0.05, 0.1) is 0 Å². The lowest BCUT2D eigenvalue weighted by atomic mass is 10.1. The Labute approximate surface area is 73.1 Å². The first-order valence-electron chi connectivity index (χ1n) is 4.42. The Balaban J connectivity index is 2.03. The van der Waals surface area contributed by atoms with E-state index in [9.17, 15) is 4.79 Å². The first-order valence-corrected chi connectivity index (χ1v) is 4.86. The Morgan fingerprint density at radius 2 is 2.18 bits per heavy atom. The summed E-state index contributed by atoms with van der Waals surface area (Å²) >= 11 is 5.74. The Morgan fingerprint density at radius 1 is 1.55 bits per heavy atom. The first kappa shape index (κ1) is 9.05. The highest BCUT2D eigenvalue weighted by atomic mass is 35.5. The van der Waals surface area contributed by atoms with Crippen LogP contribution in [0.3, 0.4) is 0 Å². The Bertz CT molecular complexity index is 144. The molecule has 0 saturated heterocycles. The van der Waals surface area contributed by atoms with Gasteiger partial charge in [-0.15, -0.1) is 11.6 Å². The van der Waals surface area contributed by atoms with E-state index in [1.807, 2.05) is 0 Å². The first-order chi connectivity index (χ1) is 5.25. The topological polar surface area (TPSA) is 17.1 Å². The van der Waals surface area contributed by atoms with E-state index in [-0.39, 0.29) is 11.3 Å². The highest BCUT2D eigenvalue weighted by molar-refractivity contribution is 6.24. The molecule has 0 bridgehead atoms. The molecule has 64 valence electrons. The molecule has 1 saturated carbocycles. The second-order valence-corrected chi connectivity index (χ2v) is 3.84. The lowest BCUT2D eigenvalue weighted by molar-refractivity contribution is -0.120. The summed E-state index contributed by atoms with van der Waals surface area (Å²) in [6.07, 6.45) is 5.08. The van der Waals surface area contributed by atoms with Gasteiger partial charge in [0, 0.05) is 17.7 Å². The van der Waals surface area contributed by atoms with Gasteiger partial charge in [0.25, 0.3) is 0 Å². The lowest BCUT2D eigenvalue weighted by Crippen LogP contribution is -2.01. The molecule has 1 nitrogen and oxygen atoms in total. The second-order valence-electron chi connectivity index (χ2n) is 3.28. The zero-order valence-electron chi connectivity index (χ0n) is 6.98. The normalized spacial score (nSPS) is 28.5. The zero-order valence-corrected chi connectivity index (χ0v) is 7.73. The summed E-state index contributed by atoms with van der Waals surface area (Å²) in [4.78, 5) is 11.2. The molecule has 0 aromatic carbocycles. The smallest absolute Gasteiger partial charge is 0.137 e. The molecule has 0 N–H and O–H groups in total. The third-order valence-corrected chi connectivity index (χ3v) is 2.64. The summed E-state index contributed by atoms with van der Waals surface area (Å²) in [5.41, 5.74) is 0. The van der Waals surface area contributed by atoms with Crippen LogP contribution in [0.15, 0.2) is 0 Å². The number of carbonyl (C=O) groups excluding carboxylic acids is 1. The van der Waals surface area contributed by atoms with Crippen LogP contribution in [0.2, 0.25) is 0 Å². The fourth-order valence-corrected chi connectivity index (χ4v) is 1.56. The molecule has 0 spiro atoms. The zero-order chi connectivity index (χ0) is 8.27.